The summed E-state index contributed by atoms with van der Waals surface area (Å²) in [6.07, 6.45) is 6.69. The molecule has 0 saturated carbocycles. The van der Waals surface area contributed by atoms with E-state index in [0.717, 1.165) is 24.1 Å². The Balaban J connectivity index is 1.47. The van der Waals surface area contributed by atoms with Crippen LogP contribution in [0.1, 0.15) is 33.8 Å². The largest absolute Gasteiger partial charge is 0.338 e. The van der Waals surface area contributed by atoms with Gasteiger partial charge in [-0.2, -0.15) is 5.10 Å². The van der Waals surface area contributed by atoms with Gasteiger partial charge in [0.25, 0.3) is 5.91 Å². The number of ketones is 1. The number of imidazole rings is 1. The van der Waals surface area contributed by atoms with Gasteiger partial charge in [0, 0.05) is 50.2 Å². The summed E-state index contributed by atoms with van der Waals surface area (Å²) in [5, 5.41) is 6.85. The molecule has 1 fully saturated rings. The number of likely N-dealkylation sites (tertiary alicyclic amines) is 1. The Kier molecular flexibility index (Phi) is 4.58. The van der Waals surface area contributed by atoms with Crippen molar-refractivity contribution in [1.29, 1.82) is 0 Å². The number of aromatic nitrogens is 4. The third-order valence-electron chi connectivity index (χ3n) is 5.06. The predicted molar refractivity (Wildman–Crippen MR) is 100 cm³/mol. The second-order valence-electron chi connectivity index (χ2n) is 6.86. The van der Waals surface area contributed by atoms with Gasteiger partial charge < -0.3 is 9.47 Å². The molecule has 1 amide bonds. The zero-order valence-corrected chi connectivity index (χ0v) is 15.1. The van der Waals surface area contributed by atoms with E-state index in [-0.39, 0.29) is 17.6 Å². The van der Waals surface area contributed by atoms with Crippen LogP contribution in [0.5, 0.6) is 0 Å². The molecule has 7 heteroatoms. The molecule has 0 unspecified atom stereocenters. The number of hydrogen-bond acceptors (Lipinski definition) is 4. The molecule has 7 nitrogen and oxygen atoms in total. The molecule has 27 heavy (non-hydrogen) atoms. The number of aryl methyl sites for hydroxylation is 1. The number of rotatable bonds is 4. The van der Waals surface area contributed by atoms with Gasteiger partial charge in [-0.05, 0) is 36.6 Å². The lowest BCUT2D eigenvalue weighted by Gasteiger charge is -2.32. The Labute approximate surface area is 157 Å². The molecular formula is C20H21N5O2. The summed E-state index contributed by atoms with van der Waals surface area (Å²) in [6, 6.07) is 9.34. The molecule has 1 N–H and O–H groups in total. The van der Waals surface area contributed by atoms with Crippen molar-refractivity contribution in [1.82, 2.24) is 24.6 Å². The summed E-state index contributed by atoms with van der Waals surface area (Å²) in [6.45, 7) is 1.11. The summed E-state index contributed by atoms with van der Waals surface area (Å²) < 4.78 is 1.73. The average Bonchev–Trinajstić information content (AvgIpc) is 3.39. The number of benzene rings is 1. The van der Waals surface area contributed by atoms with Crippen molar-refractivity contribution >= 4 is 11.7 Å². The minimum absolute atomic E-state index is 0.00888. The van der Waals surface area contributed by atoms with Crippen LogP contribution in [0.2, 0.25) is 0 Å². The molecule has 138 valence electrons. The molecule has 2 aromatic heterocycles. The standard InChI is InChI=1S/C20H21N5O2/c1-24-12-10-21-19(24)18(26)16-3-2-11-25(13-16)20(27)15-6-4-14(5-7-15)17-8-9-22-23-17/h4-10,12,16H,2-3,11,13H2,1H3,(H,22,23)/t16-/m0/s1. The number of nitrogens with zero attached hydrogens (tertiary/aromatic N) is 4. The number of aromatic amines is 1. The van der Waals surface area contributed by atoms with Gasteiger partial charge in [0.15, 0.2) is 5.82 Å². The molecule has 1 aliphatic rings. The third kappa shape index (κ3) is 3.40. The summed E-state index contributed by atoms with van der Waals surface area (Å²) in [4.78, 5) is 31.6. The Morgan fingerprint density at radius 3 is 2.63 bits per heavy atom. The van der Waals surface area contributed by atoms with E-state index < -0.39 is 0 Å². The number of H-pyrrole nitrogens is 1. The first kappa shape index (κ1) is 17.2. The SMILES string of the molecule is Cn1ccnc1C(=O)[C@H]1CCCN(C(=O)c2ccc(-c3ccn[nH]3)cc2)C1. The van der Waals surface area contributed by atoms with Gasteiger partial charge in [0.05, 0.1) is 5.69 Å². The molecular weight excluding hydrogens is 342 g/mol. The fourth-order valence-electron chi connectivity index (χ4n) is 3.55. The van der Waals surface area contributed by atoms with E-state index in [4.69, 9.17) is 0 Å². The highest BCUT2D eigenvalue weighted by Gasteiger charge is 2.31. The predicted octanol–water partition coefficient (Wildman–Crippen LogP) is 2.55. The number of nitrogens with one attached hydrogen (secondary N) is 1. The first-order chi connectivity index (χ1) is 13.1. The molecule has 0 bridgehead atoms. The third-order valence-corrected chi connectivity index (χ3v) is 5.06. The molecule has 0 aliphatic carbocycles. The van der Waals surface area contributed by atoms with Crippen molar-refractivity contribution in [2.45, 2.75) is 12.8 Å². The van der Waals surface area contributed by atoms with Crippen LogP contribution >= 0.6 is 0 Å². The monoisotopic (exact) mass is 363 g/mol. The lowest BCUT2D eigenvalue weighted by molar-refractivity contribution is 0.0633. The fourth-order valence-corrected chi connectivity index (χ4v) is 3.55. The van der Waals surface area contributed by atoms with Crippen LogP contribution in [0.4, 0.5) is 0 Å². The van der Waals surface area contributed by atoms with E-state index in [0.29, 0.717) is 24.5 Å². The zero-order valence-electron chi connectivity index (χ0n) is 15.1. The highest BCUT2D eigenvalue weighted by atomic mass is 16.2. The van der Waals surface area contributed by atoms with Crippen LogP contribution in [0.15, 0.2) is 48.9 Å². The normalized spacial score (nSPS) is 17.1. The van der Waals surface area contributed by atoms with Crippen molar-refractivity contribution in [2.24, 2.45) is 13.0 Å². The van der Waals surface area contributed by atoms with Crippen molar-refractivity contribution < 1.29 is 9.59 Å². The lowest BCUT2D eigenvalue weighted by atomic mass is 9.92. The zero-order chi connectivity index (χ0) is 18.8. The van der Waals surface area contributed by atoms with Gasteiger partial charge in [-0.25, -0.2) is 4.98 Å². The Morgan fingerprint density at radius 1 is 1.15 bits per heavy atom. The van der Waals surface area contributed by atoms with Gasteiger partial charge in [-0.15, -0.1) is 0 Å². The lowest BCUT2D eigenvalue weighted by Crippen LogP contribution is -2.42. The van der Waals surface area contributed by atoms with E-state index in [1.807, 2.05) is 37.4 Å². The number of piperidine rings is 1. The van der Waals surface area contributed by atoms with Gasteiger partial charge in [-0.3, -0.25) is 14.7 Å². The number of hydrogen-bond donors (Lipinski definition) is 1. The smallest absolute Gasteiger partial charge is 0.253 e. The molecule has 3 heterocycles. The highest BCUT2D eigenvalue weighted by Crippen LogP contribution is 2.23. The molecule has 1 saturated heterocycles. The van der Waals surface area contributed by atoms with Gasteiger partial charge >= 0.3 is 0 Å². The second-order valence-corrected chi connectivity index (χ2v) is 6.86. The molecule has 1 aliphatic heterocycles. The summed E-state index contributed by atoms with van der Waals surface area (Å²) in [5.41, 5.74) is 2.52. The van der Waals surface area contributed by atoms with E-state index in [1.165, 1.54) is 0 Å². The van der Waals surface area contributed by atoms with Gasteiger partial charge in [-0.1, -0.05) is 12.1 Å². The van der Waals surface area contributed by atoms with Crippen LogP contribution in [0.25, 0.3) is 11.3 Å². The second kappa shape index (κ2) is 7.19. The van der Waals surface area contributed by atoms with Crippen molar-refractivity contribution in [3.8, 4) is 11.3 Å². The maximum absolute atomic E-state index is 12.9. The van der Waals surface area contributed by atoms with Crippen LogP contribution < -0.4 is 0 Å². The molecule has 4 rings (SSSR count). The van der Waals surface area contributed by atoms with Gasteiger partial charge in [0.2, 0.25) is 5.78 Å². The Bertz CT molecular complexity index is 943. The quantitative estimate of drug-likeness (QED) is 0.722. The van der Waals surface area contributed by atoms with Crippen LogP contribution in [0.3, 0.4) is 0 Å². The maximum Gasteiger partial charge on any atom is 0.253 e. The minimum Gasteiger partial charge on any atom is -0.338 e. The molecule has 1 atom stereocenters. The number of carbonyl (C=O) groups is 2. The highest BCUT2D eigenvalue weighted by molar-refractivity contribution is 5.97. The molecule has 0 radical (unpaired) electrons. The van der Waals surface area contributed by atoms with Crippen molar-refractivity contribution in [2.75, 3.05) is 13.1 Å². The molecule has 3 aromatic rings. The first-order valence-corrected chi connectivity index (χ1v) is 9.04. The summed E-state index contributed by atoms with van der Waals surface area (Å²) >= 11 is 0. The molecule has 1 aromatic carbocycles. The van der Waals surface area contributed by atoms with Gasteiger partial charge in [0.1, 0.15) is 0 Å². The topological polar surface area (TPSA) is 83.9 Å². The first-order valence-electron chi connectivity index (χ1n) is 9.04. The summed E-state index contributed by atoms with van der Waals surface area (Å²) in [7, 11) is 1.81. The van der Waals surface area contributed by atoms with Crippen molar-refractivity contribution in [3.63, 3.8) is 0 Å². The van der Waals surface area contributed by atoms with Crippen LogP contribution in [-0.4, -0.2) is 49.4 Å². The van der Waals surface area contributed by atoms with E-state index in [1.54, 1.807) is 28.1 Å². The van der Waals surface area contributed by atoms with Crippen molar-refractivity contribution in [3.05, 3.63) is 60.3 Å². The number of Topliss-reactive ketones (excluding diaryl/α,β-unsaturated/α-hetero) is 1. The minimum atomic E-state index is -0.201. The molecule has 0 spiro atoms. The number of carbonyl (C=O) groups excluding carboxylic acids is 2. The van der Waals surface area contributed by atoms with Crippen LogP contribution in [-0.2, 0) is 7.05 Å². The van der Waals surface area contributed by atoms with Crippen LogP contribution in [0, 0.1) is 5.92 Å². The number of amides is 1. The average molecular weight is 363 g/mol. The summed E-state index contributed by atoms with van der Waals surface area (Å²) in [5.74, 6) is 0.226. The van der Waals surface area contributed by atoms with E-state index in [9.17, 15) is 9.59 Å². The van der Waals surface area contributed by atoms with E-state index in [2.05, 4.69) is 15.2 Å². The Morgan fingerprint density at radius 2 is 1.96 bits per heavy atom. The fraction of sp³-hybridized carbons (Fsp3) is 0.300. The maximum atomic E-state index is 12.9. The Hall–Kier alpha value is -3.22. The van der Waals surface area contributed by atoms with E-state index >= 15 is 0 Å².